The fraction of sp³-hybridized carbons (Fsp3) is 0.333. The molecule has 0 amide bonds. The highest BCUT2D eigenvalue weighted by Crippen LogP contribution is 2.23. The number of rotatable bonds is 1. The number of likely N-dealkylation sites (N-methyl/N-ethyl adjacent to an activating group) is 1. The molecule has 2 aromatic rings. The number of nitrogens with zero attached hydrogens (tertiary/aromatic N) is 4. The van der Waals surface area contributed by atoms with Gasteiger partial charge in [-0.2, -0.15) is 5.26 Å². The van der Waals surface area contributed by atoms with Crippen molar-refractivity contribution in [3.63, 3.8) is 0 Å². The predicted octanol–water partition coefficient (Wildman–Crippen LogP) is 1.86. The van der Waals surface area contributed by atoms with Crippen LogP contribution in [-0.4, -0.2) is 43.1 Å². The number of nitriles is 1. The fourth-order valence-corrected chi connectivity index (χ4v) is 2.45. The van der Waals surface area contributed by atoms with Gasteiger partial charge in [0.15, 0.2) is 0 Å². The molecule has 19 heavy (non-hydrogen) atoms. The van der Waals surface area contributed by atoms with Gasteiger partial charge in [0.05, 0.1) is 17.1 Å². The zero-order chi connectivity index (χ0) is 13.2. The van der Waals surface area contributed by atoms with E-state index in [2.05, 4.69) is 27.9 Å². The Labute approximate surface area is 112 Å². The van der Waals surface area contributed by atoms with Crippen LogP contribution in [-0.2, 0) is 0 Å². The Morgan fingerprint density at radius 2 is 1.89 bits per heavy atom. The molecule has 3 rings (SSSR count). The summed E-state index contributed by atoms with van der Waals surface area (Å²) in [5.74, 6) is 0.920. The lowest BCUT2D eigenvalue weighted by molar-refractivity contribution is 0.312. The van der Waals surface area contributed by atoms with Crippen LogP contribution in [0, 0.1) is 11.3 Å². The second-order valence-electron chi connectivity index (χ2n) is 4.95. The third-order valence-corrected chi connectivity index (χ3v) is 3.65. The van der Waals surface area contributed by atoms with Crippen molar-refractivity contribution >= 4 is 16.7 Å². The number of anilines is 1. The third kappa shape index (κ3) is 2.25. The van der Waals surface area contributed by atoms with Crippen molar-refractivity contribution in [2.24, 2.45) is 0 Å². The monoisotopic (exact) mass is 252 g/mol. The summed E-state index contributed by atoms with van der Waals surface area (Å²) >= 11 is 0. The van der Waals surface area contributed by atoms with Crippen LogP contribution < -0.4 is 4.90 Å². The Bertz CT molecular complexity index is 636. The summed E-state index contributed by atoms with van der Waals surface area (Å²) in [7, 11) is 2.13. The summed E-state index contributed by atoms with van der Waals surface area (Å²) in [6.07, 6.45) is 0. The highest BCUT2D eigenvalue weighted by molar-refractivity contribution is 5.86. The second-order valence-corrected chi connectivity index (χ2v) is 4.95. The van der Waals surface area contributed by atoms with Gasteiger partial charge in [0.2, 0.25) is 0 Å². The van der Waals surface area contributed by atoms with E-state index in [0.717, 1.165) is 42.9 Å². The fourth-order valence-electron chi connectivity index (χ4n) is 2.45. The lowest BCUT2D eigenvalue weighted by atomic mass is 10.1. The molecule has 0 unspecified atom stereocenters. The zero-order valence-electron chi connectivity index (χ0n) is 11.0. The first-order valence-electron chi connectivity index (χ1n) is 6.51. The van der Waals surface area contributed by atoms with E-state index in [9.17, 15) is 5.26 Å². The maximum Gasteiger partial charge on any atom is 0.130 e. The van der Waals surface area contributed by atoms with Crippen LogP contribution >= 0.6 is 0 Å². The molecular weight excluding hydrogens is 236 g/mol. The quantitative estimate of drug-likeness (QED) is 0.777. The van der Waals surface area contributed by atoms with Crippen LogP contribution in [0.2, 0.25) is 0 Å². The Kier molecular flexibility index (Phi) is 3.06. The standard InChI is InChI=1S/C15H16N4/c1-18-6-8-19(9-7-18)15-10-12(11-16)13-4-2-3-5-14(13)17-15/h2-5,10H,6-9H2,1H3. The van der Waals surface area contributed by atoms with Gasteiger partial charge in [-0.1, -0.05) is 18.2 Å². The molecule has 0 saturated carbocycles. The van der Waals surface area contributed by atoms with Crippen molar-refractivity contribution in [3.8, 4) is 6.07 Å². The van der Waals surface area contributed by atoms with Crippen molar-refractivity contribution < 1.29 is 0 Å². The average molecular weight is 252 g/mol. The minimum absolute atomic E-state index is 0.708. The lowest BCUT2D eigenvalue weighted by Gasteiger charge is -2.33. The molecular formula is C15H16N4. The molecule has 2 heterocycles. The van der Waals surface area contributed by atoms with Gasteiger partial charge in [0, 0.05) is 31.6 Å². The van der Waals surface area contributed by atoms with Crippen molar-refractivity contribution in [1.82, 2.24) is 9.88 Å². The summed E-state index contributed by atoms with van der Waals surface area (Å²) in [5.41, 5.74) is 1.61. The van der Waals surface area contributed by atoms with Crippen molar-refractivity contribution in [3.05, 3.63) is 35.9 Å². The van der Waals surface area contributed by atoms with Crippen molar-refractivity contribution in [1.29, 1.82) is 5.26 Å². The zero-order valence-corrected chi connectivity index (χ0v) is 11.0. The number of piperazine rings is 1. The van der Waals surface area contributed by atoms with E-state index in [1.165, 1.54) is 0 Å². The van der Waals surface area contributed by atoms with E-state index in [4.69, 9.17) is 0 Å². The van der Waals surface area contributed by atoms with Crippen molar-refractivity contribution in [2.75, 3.05) is 38.1 Å². The molecule has 0 radical (unpaired) electrons. The van der Waals surface area contributed by atoms with Gasteiger partial charge in [-0.3, -0.25) is 0 Å². The van der Waals surface area contributed by atoms with E-state index in [1.54, 1.807) is 0 Å². The molecule has 0 spiro atoms. The summed E-state index contributed by atoms with van der Waals surface area (Å²) < 4.78 is 0. The molecule has 96 valence electrons. The number of pyridine rings is 1. The van der Waals surface area contributed by atoms with Crippen molar-refractivity contribution in [2.45, 2.75) is 0 Å². The van der Waals surface area contributed by atoms with Crippen LogP contribution in [0.1, 0.15) is 5.56 Å². The summed E-state index contributed by atoms with van der Waals surface area (Å²) in [6, 6.07) is 12.0. The summed E-state index contributed by atoms with van der Waals surface area (Å²) in [5, 5.41) is 10.2. The number of aromatic nitrogens is 1. The van der Waals surface area contributed by atoms with Crippen LogP contribution in [0.25, 0.3) is 10.9 Å². The molecule has 1 fully saturated rings. The predicted molar refractivity (Wildman–Crippen MR) is 76.2 cm³/mol. The molecule has 4 heteroatoms. The molecule has 1 aliphatic rings. The summed E-state index contributed by atoms with van der Waals surface area (Å²) in [6.45, 7) is 4.01. The van der Waals surface area contributed by atoms with Crippen LogP contribution in [0.5, 0.6) is 0 Å². The minimum atomic E-state index is 0.708. The molecule has 1 aromatic heterocycles. The molecule has 4 nitrogen and oxygen atoms in total. The number of para-hydroxylation sites is 1. The first kappa shape index (κ1) is 11.9. The highest BCUT2D eigenvalue weighted by Gasteiger charge is 2.16. The molecule has 0 aliphatic carbocycles. The maximum atomic E-state index is 9.30. The maximum absolute atomic E-state index is 9.30. The number of benzene rings is 1. The van der Waals surface area contributed by atoms with Gasteiger partial charge in [-0.15, -0.1) is 0 Å². The van der Waals surface area contributed by atoms with E-state index in [0.29, 0.717) is 5.56 Å². The van der Waals surface area contributed by atoms with E-state index in [-0.39, 0.29) is 0 Å². The van der Waals surface area contributed by atoms with E-state index in [1.807, 2.05) is 30.3 Å². The molecule has 1 saturated heterocycles. The topological polar surface area (TPSA) is 43.2 Å². The number of hydrogen-bond donors (Lipinski definition) is 0. The number of hydrogen-bond acceptors (Lipinski definition) is 4. The Hall–Kier alpha value is -2.12. The largest absolute Gasteiger partial charge is 0.354 e. The van der Waals surface area contributed by atoms with Gasteiger partial charge in [0.25, 0.3) is 0 Å². The van der Waals surface area contributed by atoms with Gasteiger partial charge in [-0.25, -0.2) is 4.98 Å². The normalized spacial score (nSPS) is 16.5. The molecule has 0 atom stereocenters. The van der Waals surface area contributed by atoms with Crippen LogP contribution in [0.4, 0.5) is 5.82 Å². The first-order valence-corrected chi connectivity index (χ1v) is 6.51. The lowest BCUT2D eigenvalue weighted by Crippen LogP contribution is -2.44. The first-order chi connectivity index (χ1) is 9.28. The Morgan fingerprint density at radius 1 is 1.16 bits per heavy atom. The molecule has 1 aromatic carbocycles. The SMILES string of the molecule is CN1CCN(c2cc(C#N)c3ccccc3n2)CC1. The molecule has 0 bridgehead atoms. The smallest absolute Gasteiger partial charge is 0.130 e. The van der Waals surface area contributed by atoms with Crippen LogP contribution in [0.15, 0.2) is 30.3 Å². The third-order valence-electron chi connectivity index (χ3n) is 3.65. The van der Waals surface area contributed by atoms with Gasteiger partial charge < -0.3 is 9.80 Å². The van der Waals surface area contributed by atoms with Gasteiger partial charge in [0.1, 0.15) is 5.82 Å². The Balaban J connectivity index is 2.03. The average Bonchev–Trinajstić information content (AvgIpc) is 2.47. The summed E-state index contributed by atoms with van der Waals surface area (Å²) in [4.78, 5) is 9.25. The second kappa shape index (κ2) is 4.87. The van der Waals surface area contributed by atoms with Crippen LogP contribution in [0.3, 0.4) is 0 Å². The van der Waals surface area contributed by atoms with E-state index >= 15 is 0 Å². The molecule has 0 N–H and O–H groups in total. The van der Waals surface area contributed by atoms with Gasteiger partial charge >= 0.3 is 0 Å². The minimum Gasteiger partial charge on any atom is -0.354 e. The van der Waals surface area contributed by atoms with E-state index < -0.39 is 0 Å². The Morgan fingerprint density at radius 3 is 2.63 bits per heavy atom. The highest BCUT2D eigenvalue weighted by atomic mass is 15.3. The van der Waals surface area contributed by atoms with Gasteiger partial charge in [-0.05, 0) is 19.2 Å². The molecule has 1 aliphatic heterocycles. The number of fused-ring (bicyclic) bond motifs is 1.